The number of phenols is 1. The highest BCUT2D eigenvalue weighted by Gasteiger charge is 2.09. The van der Waals surface area contributed by atoms with E-state index in [-0.39, 0.29) is 5.75 Å². The van der Waals surface area contributed by atoms with E-state index in [2.05, 4.69) is 34.0 Å². The van der Waals surface area contributed by atoms with Gasteiger partial charge >= 0.3 is 0 Å². The van der Waals surface area contributed by atoms with E-state index in [1.165, 1.54) is 4.68 Å². The Morgan fingerprint density at radius 1 is 1.21 bits per heavy atom. The van der Waals surface area contributed by atoms with Gasteiger partial charge in [-0.2, -0.15) is 14.9 Å². The number of hydrogen-bond acceptors (Lipinski definition) is 6. The van der Waals surface area contributed by atoms with Crippen molar-refractivity contribution in [1.29, 1.82) is 0 Å². The number of aromatic amines is 1. The van der Waals surface area contributed by atoms with Crippen molar-refractivity contribution >= 4 is 24.1 Å². The Hall–Kier alpha value is -3.13. The van der Waals surface area contributed by atoms with Crippen LogP contribution in [0.25, 0.3) is 11.4 Å². The molecule has 3 rings (SSSR count). The van der Waals surface area contributed by atoms with Crippen molar-refractivity contribution < 1.29 is 9.84 Å². The number of H-pyrrole nitrogens is 1. The first-order chi connectivity index (χ1) is 13.6. The molecule has 28 heavy (non-hydrogen) atoms. The zero-order valence-electron chi connectivity index (χ0n) is 16.1. The van der Waals surface area contributed by atoms with Crippen LogP contribution in [0.5, 0.6) is 11.5 Å². The zero-order valence-corrected chi connectivity index (χ0v) is 16.9. The maximum absolute atomic E-state index is 10.4. The predicted molar refractivity (Wildman–Crippen MR) is 114 cm³/mol. The molecule has 1 aromatic heterocycles. The number of rotatable bonds is 7. The van der Waals surface area contributed by atoms with Crippen LogP contribution in [0.1, 0.15) is 19.4 Å². The van der Waals surface area contributed by atoms with Crippen molar-refractivity contribution in [2.24, 2.45) is 5.10 Å². The van der Waals surface area contributed by atoms with Crippen molar-refractivity contribution in [2.75, 3.05) is 25.1 Å². The number of anilines is 1. The zero-order chi connectivity index (χ0) is 20.1. The van der Waals surface area contributed by atoms with Crippen molar-refractivity contribution in [2.45, 2.75) is 13.8 Å². The summed E-state index contributed by atoms with van der Waals surface area (Å²) in [6.45, 7) is 5.91. The second kappa shape index (κ2) is 8.71. The van der Waals surface area contributed by atoms with Crippen LogP contribution < -0.4 is 9.64 Å². The first kappa shape index (κ1) is 19.6. The second-order valence-electron chi connectivity index (χ2n) is 6.05. The summed E-state index contributed by atoms with van der Waals surface area (Å²) < 4.78 is 7.07. The molecule has 0 atom stereocenters. The molecule has 0 aliphatic heterocycles. The van der Waals surface area contributed by atoms with Gasteiger partial charge in [-0.3, -0.25) is 0 Å². The average Bonchev–Trinajstić information content (AvgIpc) is 3.09. The number of aromatic hydroxyl groups is 1. The van der Waals surface area contributed by atoms with Gasteiger partial charge in [0, 0.05) is 36.0 Å². The van der Waals surface area contributed by atoms with Crippen molar-refractivity contribution in [3.63, 3.8) is 0 Å². The third-order valence-electron chi connectivity index (χ3n) is 4.45. The van der Waals surface area contributed by atoms with Crippen LogP contribution in [-0.2, 0) is 0 Å². The highest BCUT2D eigenvalue weighted by atomic mass is 32.1. The minimum atomic E-state index is 0.161. The number of nitrogens with one attached hydrogen (secondary N) is 1. The lowest BCUT2D eigenvalue weighted by Gasteiger charge is -2.21. The minimum Gasteiger partial charge on any atom is -0.507 e. The predicted octanol–water partition coefficient (Wildman–Crippen LogP) is 4.05. The fourth-order valence-electron chi connectivity index (χ4n) is 2.87. The Morgan fingerprint density at radius 2 is 1.93 bits per heavy atom. The topological polar surface area (TPSA) is 78.7 Å². The molecule has 8 heteroatoms. The van der Waals surface area contributed by atoms with Gasteiger partial charge in [-0.05, 0) is 62.5 Å². The molecule has 0 aliphatic rings. The molecule has 7 nitrogen and oxygen atoms in total. The van der Waals surface area contributed by atoms with Crippen LogP contribution in [0, 0.1) is 4.77 Å². The van der Waals surface area contributed by atoms with Gasteiger partial charge in [0.05, 0.1) is 13.3 Å². The maximum Gasteiger partial charge on any atom is 0.216 e. The first-order valence-electron chi connectivity index (χ1n) is 9.01. The Kier molecular flexibility index (Phi) is 6.10. The summed E-state index contributed by atoms with van der Waals surface area (Å²) in [5, 5.41) is 21.8. The molecule has 2 aromatic carbocycles. The van der Waals surface area contributed by atoms with E-state index in [1.807, 2.05) is 36.4 Å². The number of nitrogens with zero attached hydrogens (tertiary/aromatic N) is 4. The Bertz CT molecular complexity index is 1020. The number of aromatic nitrogens is 3. The Balaban J connectivity index is 1.91. The molecule has 0 saturated heterocycles. The van der Waals surface area contributed by atoms with E-state index >= 15 is 0 Å². The van der Waals surface area contributed by atoms with E-state index in [4.69, 9.17) is 17.0 Å². The van der Waals surface area contributed by atoms with E-state index in [9.17, 15) is 5.11 Å². The lowest BCUT2D eigenvalue weighted by atomic mass is 10.2. The highest BCUT2D eigenvalue weighted by Crippen LogP contribution is 2.24. The van der Waals surface area contributed by atoms with Crippen LogP contribution in [-0.4, -0.2) is 46.4 Å². The van der Waals surface area contributed by atoms with Gasteiger partial charge in [0.25, 0.3) is 0 Å². The normalized spacial score (nSPS) is 11.1. The number of phenolic OH excluding ortho intramolecular Hbond substituents is 1. The highest BCUT2D eigenvalue weighted by molar-refractivity contribution is 7.71. The van der Waals surface area contributed by atoms with E-state index < -0.39 is 0 Å². The fourth-order valence-corrected chi connectivity index (χ4v) is 3.05. The van der Waals surface area contributed by atoms with Crippen molar-refractivity contribution in [1.82, 2.24) is 14.9 Å². The summed E-state index contributed by atoms with van der Waals surface area (Å²) in [5.41, 5.74) is 2.41. The molecule has 0 radical (unpaired) electrons. The monoisotopic (exact) mass is 397 g/mol. The van der Waals surface area contributed by atoms with Crippen LogP contribution in [0.3, 0.4) is 0 Å². The summed E-state index contributed by atoms with van der Waals surface area (Å²) in [5.74, 6) is 1.49. The molecule has 0 bridgehead atoms. The Morgan fingerprint density at radius 3 is 2.54 bits per heavy atom. The van der Waals surface area contributed by atoms with Gasteiger partial charge in [0.1, 0.15) is 11.5 Å². The van der Waals surface area contributed by atoms with E-state index in [1.54, 1.807) is 19.4 Å². The molecule has 0 aliphatic carbocycles. The smallest absolute Gasteiger partial charge is 0.216 e. The quantitative estimate of drug-likeness (QED) is 0.464. The molecular weight excluding hydrogens is 374 g/mol. The fraction of sp³-hybridized carbons (Fsp3) is 0.250. The molecule has 1 heterocycles. The van der Waals surface area contributed by atoms with Crippen LogP contribution in [0.2, 0.25) is 0 Å². The molecule has 0 fully saturated rings. The van der Waals surface area contributed by atoms with Crippen LogP contribution in [0.4, 0.5) is 5.69 Å². The summed E-state index contributed by atoms with van der Waals surface area (Å²) in [6.07, 6.45) is 1.57. The molecule has 0 spiro atoms. The summed E-state index contributed by atoms with van der Waals surface area (Å²) >= 11 is 5.29. The molecule has 0 amide bonds. The number of methoxy groups -OCH3 is 1. The van der Waals surface area contributed by atoms with Gasteiger partial charge in [0.2, 0.25) is 4.77 Å². The van der Waals surface area contributed by atoms with Gasteiger partial charge in [-0.15, -0.1) is 0 Å². The molecule has 2 N–H and O–H groups in total. The molecule has 0 unspecified atom stereocenters. The lowest BCUT2D eigenvalue weighted by molar-refractivity contribution is 0.415. The van der Waals surface area contributed by atoms with Crippen molar-refractivity contribution in [3.05, 3.63) is 52.8 Å². The van der Waals surface area contributed by atoms with Gasteiger partial charge in [-0.25, -0.2) is 5.10 Å². The molecular formula is C20H23N5O2S. The lowest BCUT2D eigenvalue weighted by Crippen LogP contribution is -2.21. The van der Waals surface area contributed by atoms with Gasteiger partial charge < -0.3 is 14.7 Å². The molecule has 146 valence electrons. The third-order valence-corrected chi connectivity index (χ3v) is 4.72. The summed E-state index contributed by atoms with van der Waals surface area (Å²) in [4.78, 5) is 2.16. The first-order valence-corrected chi connectivity index (χ1v) is 9.42. The van der Waals surface area contributed by atoms with Crippen LogP contribution in [0.15, 0.2) is 47.6 Å². The van der Waals surface area contributed by atoms with Crippen molar-refractivity contribution in [3.8, 4) is 22.9 Å². The standard InChI is InChI=1S/C20H23N5O2S/c1-4-24(5-2)16-9-6-15(18(26)12-16)13-21-25-19(22-23-20(25)28)14-7-10-17(27-3)11-8-14/h6-13,26H,4-5H2,1-3H3,(H,23,28)/b21-13-. The minimum absolute atomic E-state index is 0.161. The molecule has 3 aromatic rings. The van der Waals surface area contributed by atoms with E-state index in [0.717, 1.165) is 30.1 Å². The largest absolute Gasteiger partial charge is 0.507 e. The second-order valence-corrected chi connectivity index (χ2v) is 6.44. The van der Waals surface area contributed by atoms with E-state index in [0.29, 0.717) is 16.2 Å². The number of benzene rings is 2. The number of ether oxygens (including phenoxy) is 1. The average molecular weight is 398 g/mol. The maximum atomic E-state index is 10.4. The summed E-state index contributed by atoms with van der Waals surface area (Å²) in [6, 6.07) is 13.0. The SMILES string of the molecule is CCN(CC)c1ccc(/C=N\n2c(-c3ccc(OC)cc3)n[nH]c2=S)c(O)c1. The number of hydrogen-bond donors (Lipinski definition) is 2. The van der Waals surface area contributed by atoms with Gasteiger partial charge in [-0.1, -0.05) is 0 Å². The summed E-state index contributed by atoms with van der Waals surface area (Å²) in [7, 11) is 1.62. The van der Waals surface area contributed by atoms with Crippen LogP contribution >= 0.6 is 12.2 Å². The third kappa shape index (κ3) is 4.07. The van der Waals surface area contributed by atoms with Gasteiger partial charge in [0.15, 0.2) is 5.82 Å². The molecule has 0 saturated carbocycles. The Labute approximate surface area is 168 Å².